The standard InChI is InChI=1S/C8H18N2O/c1-7(2)8(6-9-3)10-4-5-11/h5,7-10H,4,6H2,1-3H3. The Morgan fingerprint density at radius 3 is 2.45 bits per heavy atom. The number of nitrogens with one attached hydrogen (secondary N) is 2. The molecule has 0 aliphatic heterocycles. The molecule has 1 unspecified atom stereocenters. The van der Waals surface area contributed by atoms with Crippen LogP contribution in [-0.2, 0) is 4.79 Å². The van der Waals surface area contributed by atoms with E-state index in [4.69, 9.17) is 0 Å². The molecule has 0 saturated carbocycles. The summed E-state index contributed by atoms with van der Waals surface area (Å²) in [7, 11) is 1.91. The van der Waals surface area contributed by atoms with Gasteiger partial charge < -0.3 is 15.4 Å². The number of aldehydes is 1. The zero-order chi connectivity index (χ0) is 8.69. The molecule has 0 spiro atoms. The predicted octanol–water partition coefficient (Wildman–Crippen LogP) is 0.0189. The Morgan fingerprint density at radius 1 is 1.45 bits per heavy atom. The fraction of sp³-hybridized carbons (Fsp3) is 0.875. The molecule has 0 aliphatic rings. The van der Waals surface area contributed by atoms with Crippen LogP contribution in [0.1, 0.15) is 13.8 Å². The second-order valence-corrected chi connectivity index (χ2v) is 2.98. The number of hydrogen-bond donors (Lipinski definition) is 2. The minimum atomic E-state index is 0.394. The maximum Gasteiger partial charge on any atom is 0.133 e. The normalized spacial score (nSPS) is 13.5. The van der Waals surface area contributed by atoms with Gasteiger partial charge in [-0.15, -0.1) is 0 Å². The molecule has 1 atom stereocenters. The monoisotopic (exact) mass is 158 g/mol. The molecule has 0 radical (unpaired) electrons. The number of likely N-dealkylation sites (N-methyl/N-ethyl adjacent to an activating group) is 1. The quantitative estimate of drug-likeness (QED) is 0.535. The van der Waals surface area contributed by atoms with Crippen molar-refractivity contribution >= 4 is 6.29 Å². The molecule has 0 bridgehead atoms. The van der Waals surface area contributed by atoms with Gasteiger partial charge in [0.15, 0.2) is 0 Å². The van der Waals surface area contributed by atoms with Gasteiger partial charge in [-0.3, -0.25) is 0 Å². The molecule has 2 N–H and O–H groups in total. The van der Waals surface area contributed by atoms with Gasteiger partial charge in [0.05, 0.1) is 6.54 Å². The molecule has 0 aromatic carbocycles. The second-order valence-electron chi connectivity index (χ2n) is 2.98. The van der Waals surface area contributed by atoms with E-state index in [0.717, 1.165) is 12.8 Å². The maximum atomic E-state index is 10.1. The summed E-state index contributed by atoms with van der Waals surface area (Å²) in [6, 6.07) is 0.394. The molecule has 0 saturated heterocycles. The van der Waals surface area contributed by atoms with E-state index in [1.807, 2.05) is 7.05 Å². The van der Waals surface area contributed by atoms with Crippen LogP contribution in [0, 0.1) is 5.92 Å². The molecule has 3 heteroatoms. The third-order valence-electron chi connectivity index (χ3n) is 1.69. The Balaban J connectivity index is 3.59. The topological polar surface area (TPSA) is 41.1 Å². The number of rotatable bonds is 6. The SMILES string of the molecule is CNCC(NCC=O)C(C)C. The Labute approximate surface area is 68.6 Å². The summed E-state index contributed by atoms with van der Waals surface area (Å²) in [5, 5.41) is 6.22. The van der Waals surface area contributed by atoms with Crippen molar-refractivity contribution in [1.82, 2.24) is 10.6 Å². The molecule has 0 rings (SSSR count). The number of hydrogen-bond acceptors (Lipinski definition) is 3. The highest BCUT2D eigenvalue weighted by Crippen LogP contribution is 1.98. The van der Waals surface area contributed by atoms with Crippen molar-refractivity contribution in [2.45, 2.75) is 19.9 Å². The van der Waals surface area contributed by atoms with Gasteiger partial charge in [-0.25, -0.2) is 0 Å². The molecule has 11 heavy (non-hydrogen) atoms. The van der Waals surface area contributed by atoms with E-state index in [1.54, 1.807) is 0 Å². The minimum absolute atomic E-state index is 0.394. The van der Waals surface area contributed by atoms with Gasteiger partial charge in [0.1, 0.15) is 6.29 Å². The maximum absolute atomic E-state index is 10.1. The lowest BCUT2D eigenvalue weighted by molar-refractivity contribution is -0.107. The van der Waals surface area contributed by atoms with E-state index >= 15 is 0 Å². The fourth-order valence-electron chi connectivity index (χ4n) is 0.963. The van der Waals surface area contributed by atoms with Crippen LogP contribution in [0.2, 0.25) is 0 Å². The fourth-order valence-corrected chi connectivity index (χ4v) is 0.963. The highest BCUT2D eigenvalue weighted by atomic mass is 16.1. The summed E-state index contributed by atoms with van der Waals surface area (Å²) >= 11 is 0. The van der Waals surface area contributed by atoms with Gasteiger partial charge in [-0.05, 0) is 13.0 Å². The first-order chi connectivity index (χ1) is 5.22. The van der Waals surface area contributed by atoms with Crippen molar-refractivity contribution in [2.24, 2.45) is 5.92 Å². The molecule has 0 heterocycles. The third-order valence-corrected chi connectivity index (χ3v) is 1.69. The molecule has 0 fully saturated rings. The van der Waals surface area contributed by atoms with Crippen molar-refractivity contribution in [3.63, 3.8) is 0 Å². The number of carbonyl (C=O) groups is 1. The van der Waals surface area contributed by atoms with E-state index < -0.39 is 0 Å². The van der Waals surface area contributed by atoms with Crippen molar-refractivity contribution in [3.8, 4) is 0 Å². The molecule has 3 nitrogen and oxygen atoms in total. The van der Waals surface area contributed by atoms with Crippen LogP contribution in [0.3, 0.4) is 0 Å². The van der Waals surface area contributed by atoms with Crippen LogP contribution in [0.5, 0.6) is 0 Å². The van der Waals surface area contributed by atoms with E-state index in [9.17, 15) is 4.79 Å². The van der Waals surface area contributed by atoms with Crippen LogP contribution < -0.4 is 10.6 Å². The first-order valence-corrected chi connectivity index (χ1v) is 4.04. The van der Waals surface area contributed by atoms with E-state index in [2.05, 4.69) is 24.5 Å². The summed E-state index contributed by atoms with van der Waals surface area (Å²) in [4.78, 5) is 10.1. The summed E-state index contributed by atoms with van der Waals surface area (Å²) in [5.74, 6) is 0.558. The number of carbonyl (C=O) groups excluding carboxylic acids is 1. The summed E-state index contributed by atoms with van der Waals surface area (Å²) in [6.07, 6.45) is 0.894. The molecule has 66 valence electrons. The highest BCUT2D eigenvalue weighted by Gasteiger charge is 2.09. The molecular formula is C8H18N2O. The van der Waals surface area contributed by atoms with Crippen LogP contribution in [0.25, 0.3) is 0 Å². The smallest absolute Gasteiger partial charge is 0.133 e. The van der Waals surface area contributed by atoms with E-state index in [-0.39, 0.29) is 0 Å². The van der Waals surface area contributed by atoms with Crippen LogP contribution in [0.4, 0.5) is 0 Å². The van der Waals surface area contributed by atoms with Crippen LogP contribution in [-0.4, -0.2) is 32.5 Å². The molecular weight excluding hydrogens is 140 g/mol. The van der Waals surface area contributed by atoms with Crippen molar-refractivity contribution in [1.29, 1.82) is 0 Å². The average Bonchev–Trinajstić information content (AvgIpc) is 1.97. The second kappa shape index (κ2) is 6.31. The zero-order valence-corrected chi connectivity index (χ0v) is 7.55. The lowest BCUT2D eigenvalue weighted by Gasteiger charge is -2.20. The lowest BCUT2D eigenvalue weighted by atomic mass is 10.0. The van der Waals surface area contributed by atoms with Gasteiger partial charge >= 0.3 is 0 Å². The van der Waals surface area contributed by atoms with Gasteiger partial charge in [-0.1, -0.05) is 13.8 Å². The molecule has 0 aromatic heterocycles. The summed E-state index contributed by atoms with van der Waals surface area (Å²) in [6.45, 7) is 5.63. The van der Waals surface area contributed by atoms with Crippen molar-refractivity contribution in [2.75, 3.05) is 20.1 Å². The van der Waals surface area contributed by atoms with E-state index in [0.29, 0.717) is 18.5 Å². The van der Waals surface area contributed by atoms with Gasteiger partial charge in [0.25, 0.3) is 0 Å². The Hall–Kier alpha value is -0.410. The first kappa shape index (κ1) is 10.6. The predicted molar refractivity (Wildman–Crippen MR) is 46.6 cm³/mol. The first-order valence-electron chi connectivity index (χ1n) is 4.04. The third kappa shape index (κ3) is 4.93. The Morgan fingerprint density at radius 2 is 2.09 bits per heavy atom. The van der Waals surface area contributed by atoms with Crippen molar-refractivity contribution in [3.05, 3.63) is 0 Å². The van der Waals surface area contributed by atoms with E-state index in [1.165, 1.54) is 0 Å². The average molecular weight is 158 g/mol. The van der Waals surface area contributed by atoms with Gasteiger partial charge in [0, 0.05) is 12.6 Å². The largest absolute Gasteiger partial charge is 0.318 e. The van der Waals surface area contributed by atoms with Crippen LogP contribution in [0.15, 0.2) is 0 Å². The summed E-state index contributed by atoms with van der Waals surface area (Å²) < 4.78 is 0. The molecule has 0 amide bonds. The Kier molecular flexibility index (Phi) is 6.07. The highest BCUT2D eigenvalue weighted by molar-refractivity contribution is 5.51. The zero-order valence-electron chi connectivity index (χ0n) is 7.55. The minimum Gasteiger partial charge on any atom is -0.318 e. The van der Waals surface area contributed by atoms with Gasteiger partial charge in [-0.2, -0.15) is 0 Å². The molecule has 0 aliphatic carbocycles. The summed E-state index contributed by atoms with van der Waals surface area (Å²) in [5.41, 5.74) is 0. The van der Waals surface area contributed by atoms with Crippen LogP contribution >= 0.6 is 0 Å². The molecule has 0 aromatic rings. The van der Waals surface area contributed by atoms with Crippen molar-refractivity contribution < 1.29 is 4.79 Å². The Bertz CT molecular complexity index is 104. The lowest BCUT2D eigenvalue weighted by Crippen LogP contribution is -2.42. The van der Waals surface area contributed by atoms with Gasteiger partial charge in [0.2, 0.25) is 0 Å².